The zero-order valence-electron chi connectivity index (χ0n) is 24.6. The van der Waals surface area contributed by atoms with Gasteiger partial charge in [-0.3, -0.25) is 13.9 Å². The fourth-order valence-electron chi connectivity index (χ4n) is 5.03. The lowest BCUT2D eigenvalue weighted by molar-refractivity contribution is 0.0499. The first-order valence-electron chi connectivity index (χ1n) is 14.1. The largest absolute Gasteiger partial charge is 0.444 e. The molecule has 0 radical (unpaired) electrons. The van der Waals surface area contributed by atoms with Gasteiger partial charge in [-0.05, 0) is 59.4 Å². The maximum absolute atomic E-state index is 14.0. The molecule has 1 unspecified atom stereocenters. The van der Waals surface area contributed by atoms with Crippen LogP contribution in [0.3, 0.4) is 0 Å². The van der Waals surface area contributed by atoms with Gasteiger partial charge in [-0.15, -0.1) is 6.42 Å². The number of anilines is 1. The second-order valence-electron chi connectivity index (χ2n) is 11.7. The molecule has 2 aromatic heterocycles. The summed E-state index contributed by atoms with van der Waals surface area (Å²) in [7, 11) is 0. The fraction of sp³-hybridized carbons (Fsp3) is 0.484. The lowest BCUT2D eigenvalue weighted by atomic mass is 10.1. The maximum atomic E-state index is 14.0. The van der Waals surface area contributed by atoms with Gasteiger partial charge in [-0.25, -0.2) is 9.59 Å². The number of ether oxygens (including phenoxy) is 1. The smallest absolute Gasteiger partial charge is 0.407 e. The van der Waals surface area contributed by atoms with E-state index in [4.69, 9.17) is 16.1 Å². The molecule has 1 aliphatic heterocycles. The lowest BCUT2D eigenvalue weighted by Crippen LogP contribution is -2.49. The fourth-order valence-corrected chi connectivity index (χ4v) is 5.03. The van der Waals surface area contributed by atoms with Crippen LogP contribution in [0, 0.1) is 12.3 Å². The zero-order chi connectivity index (χ0) is 29.7. The summed E-state index contributed by atoms with van der Waals surface area (Å²) >= 11 is 0. The van der Waals surface area contributed by atoms with Crippen molar-refractivity contribution in [2.75, 3.05) is 18.0 Å². The summed E-state index contributed by atoms with van der Waals surface area (Å²) in [6.45, 7) is 11.2. The number of allylic oxidation sites excluding steroid dienone is 2. The summed E-state index contributed by atoms with van der Waals surface area (Å²) in [5, 5.41) is 2.97. The maximum Gasteiger partial charge on any atom is 0.407 e. The van der Waals surface area contributed by atoms with Gasteiger partial charge < -0.3 is 19.5 Å². The lowest BCUT2D eigenvalue weighted by Gasteiger charge is -2.34. The van der Waals surface area contributed by atoms with Crippen molar-refractivity contribution in [1.29, 1.82) is 0 Å². The summed E-state index contributed by atoms with van der Waals surface area (Å²) in [6.07, 6.45) is 9.35. The van der Waals surface area contributed by atoms with Crippen molar-refractivity contribution in [3.63, 3.8) is 0 Å². The first-order valence-corrected chi connectivity index (χ1v) is 14.1. The van der Waals surface area contributed by atoms with Crippen molar-refractivity contribution in [1.82, 2.24) is 24.0 Å². The highest BCUT2D eigenvalue weighted by Gasteiger charge is 2.29. The highest BCUT2D eigenvalue weighted by Crippen LogP contribution is 2.24. The summed E-state index contributed by atoms with van der Waals surface area (Å²) in [4.78, 5) is 46.9. The molecule has 0 spiro atoms. The molecule has 1 aliphatic rings. The summed E-state index contributed by atoms with van der Waals surface area (Å²) in [5.41, 5.74) is 1.25. The van der Waals surface area contributed by atoms with Crippen LogP contribution in [-0.4, -0.2) is 49.5 Å². The van der Waals surface area contributed by atoms with Crippen molar-refractivity contribution in [2.45, 2.75) is 85.2 Å². The van der Waals surface area contributed by atoms with Crippen LogP contribution in [0.4, 0.5) is 10.7 Å². The molecule has 0 saturated carbocycles. The number of rotatable bonds is 8. The second-order valence-corrected chi connectivity index (χ2v) is 11.7. The number of hydrogen-bond acceptors (Lipinski definition) is 6. The second kappa shape index (κ2) is 12.5. The molecule has 3 heterocycles. The third kappa shape index (κ3) is 7.09. The molecule has 1 fully saturated rings. The molecule has 0 bridgehead atoms. The standard InChI is InChI=1S/C31H40N6O4/c1-7-17-36-26-25(27(38)37(30(36)40)20-16-23-12-9-8-10-13-23)35(19-15-22(2)3)28(33-26)34-18-11-14-24(21-34)32-29(39)41-31(4,5)6/h1,8-10,12-13,15,24H,11,14,16-21H2,2-6H3,(H,32,39). The van der Waals surface area contributed by atoms with E-state index in [1.165, 1.54) is 9.13 Å². The highest BCUT2D eigenvalue weighted by molar-refractivity contribution is 5.75. The number of carbonyl (C=O) groups is 1. The predicted octanol–water partition coefficient (Wildman–Crippen LogP) is 3.70. The number of nitrogens with zero attached hydrogens (tertiary/aromatic N) is 5. The van der Waals surface area contributed by atoms with Gasteiger partial charge >= 0.3 is 11.8 Å². The van der Waals surface area contributed by atoms with Crippen molar-refractivity contribution in [3.05, 3.63) is 68.4 Å². The van der Waals surface area contributed by atoms with E-state index in [2.05, 4.69) is 16.1 Å². The monoisotopic (exact) mass is 560 g/mol. The Morgan fingerprint density at radius 1 is 1.17 bits per heavy atom. The molecule has 1 saturated heterocycles. The Morgan fingerprint density at radius 3 is 2.56 bits per heavy atom. The molecule has 1 atom stereocenters. The number of benzene rings is 1. The number of carbonyl (C=O) groups excluding carboxylic acids is 1. The normalized spacial score (nSPS) is 15.4. The topological polar surface area (TPSA) is 103 Å². The van der Waals surface area contributed by atoms with E-state index in [1.807, 2.05) is 75.6 Å². The molecule has 3 aromatic rings. The zero-order valence-corrected chi connectivity index (χ0v) is 24.6. The van der Waals surface area contributed by atoms with E-state index >= 15 is 0 Å². The third-order valence-electron chi connectivity index (χ3n) is 6.92. The number of fused-ring (bicyclic) bond motifs is 1. The molecule has 1 N–H and O–H groups in total. The molecular formula is C31H40N6O4. The number of hydrogen-bond donors (Lipinski definition) is 1. The summed E-state index contributed by atoms with van der Waals surface area (Å²) in [5.74, 6) is 3.12. The Hall–Kier alpha value is -4.26. The van der Waals surface area contributed by atoms with Gasteiger partial charge in [0.15, 0.2) is 11.2 Å². The number of alkyl carbamates (subject to hydrolysis) is 1. The summed E-state index contributed by atoms with van der Waals surface area (Å²) in [6, 6.07) is 9.58. The molecule has 10 heteroatoms. The molecule has 1 amide bonds. The molecule has 218 valence electrons. The Morgan fingerprint density at radius 2 is 1.90 bits per heavy atom. The van der Waals surface area contributed by atoms with Crippen LogP contribution < -0.4 is 21.5 Å². The molecule has 1 aromatic carbocycles. The molecule has 10 nitrogen and oxygen atoms in total. The van der Waals surface area contributed by atoms with Crippen molar-refractivity contribution in [3.8, 4) is 12.3 Å². The van der Waals surface area contributed by atoms with Gasteiger partial charge in [-0.2, -0.15) is 4.98 Å². The van der Waals surface area contributed by atoms with Crippen LogP contribution in [0.15, 0.2) is 51.6 Å². The molecule has 4 rings (SSSR count). The molecular weight excluding hydrogens is 520 g/mol. The van der Waals surface area contributed by atoms with Gasteiger partial charge in [0.1, 0.15) is 5.60 Å². The average molecular weight is 561 g/mol. The van der Waals surface area contributed by atoms with Gasteiger partial charge in [0, 0.05) is 32.2 Å². The highest BCUT2D eigenvalue weighted by atomic mass is 16.6. The minimum Gasteiger partial charge on any atom is -0.444 e. The molecule has 0 aliphatic carbocycles. The van der Waals surface area contributed by atoms with Gasteiger partial charge in [0.05, 0.1) is 6.54 Å². The van der Waals surface area contributed by atoms with E-state index < -0.39 is 22.9 Å². The Labute approximate surface area is 240 Å². The van der Waals surface area contributed by atoms with Crippen LogP contribution in [0.25, 0.3) is 11.2 Å². The van der Waals surface area contributed by atoms with Gasteiger partial charge in [-0.1, -0.05) is 47.9 Å². The number of aromatic nitrogens is 4. The van der Waals surface area contributed by atoms with Crippen molar-refractivity contribution >= 4 is 23.2 Å². The Bertz CT molecular complexity index is 1580. The van der Waals surface area contributed by atoms with E-state index in [0.717, 1.165) is 24.0 Å². The van der Waals surface area contributed by atoms with Crippen LogP contribution in [0.5, 0.6) is 0 Å². The van der Waals surface area contributed by atoms with Gasteiger partial charge in [0.25, 0.3) is 5.56 Å². The number of imidazole rings is 1. The number of amides is 1. The quantitative estimate of drug-likeness (QED) is 0.333. The Balaban J connectivity index is 1.78. The van der Waals surface area contributed by atoms with Crippen LogP contribution in [0.2, 0.25) is 0 Å². The first kappa shape index (κ1) is 29.7. The predicted molar refractivity (Wildman–Crippen MR) is 161 cm³/mol. The van der Waals surface area contributed by atoms with Gasteiger partial charge in [0.2, 0.25) is 5.95 Å². The average Bonchev–Trinajstić information content (AvgIpc) is 3.29. The van der Waals surface area contributed by atoms with Crippen molar-refractivity contribution in [2.24, 2.45) is 0 Å². The Kier molecular flexibility index (Phi) is 9.06. The number of nitrogens with one attached hydrogen (secondary N) is 1. The van der Waals surface area contributed by atoms with E-state index in [1.54, 1.807) is 0 Å². The van der Waals surface area contributed by atoms with Crippen LogP contribution >= 0.6 is 0 Å². The first-order chi connectivity index (χ1) is 19.5. The summed E-state index contributed by atoms with van der Waals surface area (Å²) < 4.78 is 10.00. The minimum atomic E-state index is -0.599. The number of terminal acetylenes is 1. The SMILES string of the molecule is C#CCn1c(=O)n(CCc2ccccc2)c(=O)c2c1nc(N1CCCC(NC(=O)OC(C)(C)C)C1)n2CC=C(C)C. The van der Waals surface area contributed by atoms with Crippen LogP contribution in [0.1, 0.15) is 53.0 Å². The van der Waals surface area contributed by atoms with E-state index in [-0.39, 0.29) is 24.8 Å². The van der Waals surface area contributed by atoms with E-state index in [0.29, 0.717) is 37.5 Å². The number of aryl methyl sites for hydroxylation is 1. The molecule has 41 heavy (non-hydrogen) atoms. The van der Waals surface area contributed by atoms with Crippen molar-refractivity contribution < 1.29 is 9.53 Å². The van der Waals surface area contributed by atoms with Crippen LogP contribution in [-0.2, 0) is 30.8 Å². The van der Waals surface area contributed by atoms with E-state index in [9.17, 15) is 14.4 Å². The minimum absolute atomic E-state index is 0.0110. The number of piperidine rings is 1. The third-order valence-corrected chi connectivity index (χ3v) is 6.92.